The van der Waals surface area contributed by atoms with Gasteiger partial charge < -0.3 is 24.2 Å². The van der Waals surface area contributed by atoms with E-state index >= 15 is 0 Å². The lowest BCUT2D eigenvalue weighted by atomic mass is 10.1. The maximum Gasteiger partial charge on any atom is 0.228 e. The number of benzene rings is 1. The van der Waals surface area contributed by atoms with Crippen LogP contribution in [-0.4, -0.2) is 68.6 Å². The molecule has 1 unspecified atom stereocenters. The molecule has 2 aliphatic rings. The second kappa shape index (κ2) is 9.01. The average Bonchev–Trinajstić information content (AvgIpc) is 3.19. The Hall–Kier alpha value is -3.00. The fourth-order valence-electron chi connectivity index (χ4n) is 4.10. The zero-order valence-electron chi connectivity index (χ0n) is 17.6. The van der Waals surface area contributed by atoms with Gasteiger partial charge in [-0.2, -0.15) is 0 Å². The minimum Gasteiger partial charge on any atom is -0.497 e. The summed E-state index contributed by atoms with van der Waals surface area (Å²) in [6.45, 7) is 2.85. The van der Waals surface area contributed by atoms with Gasteiger partial charge in [-0.05, 0) is 24.3 Å². The number of ether oxygens (including phenoxy) is 2. The Morgan fingerprint density at radius 1 is 1.10 bits per heavy atom. The second-order valence-corrected chi connectivity index (χ2v) is 7.96. The van der Waals surface area contributed by atoms with E-state index in [1.54, 1.807) is 43.4 Å². The first kappa shape index (κ1) is 21.2. The molecule has 1 atom stereocenters. The fraction of sp³-hybridized carbons (Fsp3) is 0.409. The van der Waals surface area contributed by atoms with Gasteiger partial charge in [0.25, 0.3) is 0 Å². The van der Waals surface area contributed by atoms with Crippen LogP contribution >= 0.6 is 11.6 Å². The molecule has 0 N–H and O–H groups in total. The topological polar surface area (TPSA) is 75.2 Å². The fourth-order valence-corrected chi connectivity index (χ4v) is 4.26. The molecule has 0 saturated carbocycles. The molecular weight excluding hydrogens is 420 g/mol. The SMILES string of the molecule is COc1ccc(OC)c(N2CC(C(=O)N3CCN(c4cccc(Cl)n4)CC3)CC2=O)c1. The number of pyridine rings is 1. The first-order chi connectivity index (χ1) is 15.0. The summed E-state index contributed by atoms with van der Waals surface area (Å²) in [5, 5.41) is 0.452. The molecule has 1 aromatic carbocycles. The predicted octanol–water partition coefficient (Wildman–Crippen LogP) is 2.45. The quantitative estimate of drug-likeness (QED) is 0.659. The number of anilines is 2. The monoisotopic (exact) mass is 444 g/mol. The number of nitrogens with zero attached hydrogens (tertiary/aromatic N) is 4. The Balaban J connectivity index is 1.41. The third-order valence-corrected chi connectivity index (χ3v) is 5.98. The summed E-state index contributed by atoms with van der Waals surface area (Å²) in [4.78, 5) is 35.8. The molecule has 3 heterocycles. The minimum atomic E-state index is -0.376. The van der Waals surface area contributed by atoms with E-state index in [4.69, 9.17) is 21.1 Å². The molecule has 0 bridgehead atoms. The zero-order chi connectivity index (χ0) is 22.0. The van der Waals surface area contributed by atoms with Crippen LogP contribution in [0.5, 0.6) is 11.5 Å². The highest BCUT2D eigenvalue weighted by Crippen LogP contribution is 2.36. The van der Waals surface area contributed by atoms with E-state index in [0.717, 1.165) is 5.82 Å². The van der Waals surface area contributed by atoms with Crippen LogP contribution in [0.2, 0.25) is 5.15 Å². The molecule has 31 heavy (non-hydrogen) atoms. The maximum absolute atomic E-state index is 13.1. The van der Waals surface area contributed by atoms with E-state index < -0.39 is 0 Å². The second-order valence-electron chi connectivity index (χ2n) is 7.57. The van der Waals surface area contributed by atoms with Crippen molar-refractivity contribution in [1.29, 1.82) is 0 Å². The maximum atomic E-state index is 13.1. The lowest BCUT2D eigenvalue weighted by molar-refractivity contribution is -0.136. The van der Waals surface area contributed by atoms with Gasteiger partial charge in [-0.15, -0.1) is 0 Å². The zero-order valence-corrected chi connectivity index (χ0v) is 18.3. The van der Waals surface area contributed by atoms with E-state index in [0.29, 0.717) is 55.1 Å². The summed E-state index contributed by atoms with van der Waals surface area (Å²) >= 11 is 5.99. The largest absolute Gasteiger partial charge is 0.497 e. The van der Waals surface area contributed by atoms with Gasteiger partial charge >= 0.3 is 0 Å². The van der Waals surface area contributed by atoms with Crippen LogP contribution in [0.1, 0.15) is 6.42 Å². The number of hydrogen-bond acceptors (Lipinski definition) is 6. The molecule has 1 aromatic heterocycles. The van der Waals surface area contributed by atoms with Crippen molar-refractivity contribution < 1.29 is 19.1 Å². The van der Waals surface area contributed by atoms with Crippen molar-refractivity contribution in [3.8, 4) is 11.5 Å². The summed E-state index contributed by atoms with van der Waals surface area (Å²) in [5.74, 6) is 1.56. The van der Waals surface area contributed by atoms with Crippen LogP contribution in [0, 0.1) is 5.92 Å². The minimum absolute atomic E-state index is 0.0106. The van der Waals surface area contributed by atoms with Crippen LogP contribution < -0.4 is 19.3 Å². The molecule has 2 saturated heterocycles. The summed E-state index contributed by atoms with van der Waals surface area (Å²) in [5.41, 5.74) is 0.624. The Kier molecular flexibility index (Phi) is 6.18. The standard InChI is InChI=1S/C22H25ClN4O4/c1-30-16-6-7-18(31-2)17(13-16)27-14-15(12-21(27)28)22(29)26-10-8-25(9-11-26)20-5-3-4-19(23)24-20/h3-7,13,15H,8-12,14H2,1-2H3. The van der Waals surface area contributed by atoms with Crippen molar-refractivity contribution in [2.75, 3.05) is 56.7 Å². The predicted molar refractivity (Wildman–Crippen MR) is 118 cm³/mol. The highest BCUT2D eigenvalue weighted by molar-refractivity contribution is 6.29. The highest BCUT2D eigenvalue weighted by atomic mass is 35.5. The Labute approximate surface area is 186 Å². The van der Waals surface area contributed by atoms with Crippen molar-refractivity contribution in [3.05, 3.63) is 41.6 Å². The molecule has 164 valence electrons. The number of aromatic nitrogens is 1. The smallest absolute Gasteiger partial charge is 0.228 e. The molecule has 2 aliphatic heterocycles. The van der Waals surface area contributed by atoms with E-state index in [1.165, 1.54) is 0 Å². The van der Waals surface area contributed by atoms with Crippen molar-refractivity contribution in [2.24, 2.45) is 5.92 Å². The Bertz CT molecular complexity index is 978. The van der Waals surface area contributed by atoms with Crippen LogP contribution in [0.25, 0.3) is 0 Å². The van der Waals surface area contributed by atoms with Gasteiger partial charge in [0, 0.05) is 45.2 Å². The molecular formula is C22H25ClN4O4. The van der Waals surface area contributed by atoms with Gasteiger partial charge in [-0.3, -0.25) is 9.59 Å². The first-order valence-electron chi connectivity index (χ1n) is 10.2. The summed E-state index contributed by atoms with van der Waals surface area (Å²) < 4.78 is 10.7. The number of amides is 2. The number of carbonyl (C=O) groups is 2. The Morgan fingerprint density at radius 2 is 1.87 bits per heavy atom. The van der Waals surface area contributed by atoms with Gasteiger partial charge in [-0.1, -0.05) is 17.7 Å². The molecule has 8 nitrogen and oxygen atoms in total. The average molecular weight is 445 g/mol. The number of carbonyl (C=O) groups excluding carboxylic acids is 2. The number of rotatable bonds is 5. The molecule has 2 aromatic rings. The molecule has 2 fully saturated rings. The van der Waals surface area contributed by atoms with Gasteiger partial charge in [0.2, 0.25) is 11.8 Å². The summed E-state index contributed by atoms with van der Waals surface area (Å²) in [7, 11) is 3.13. The van der Waals surface area contributed by atoms with Crippen LogP contribution in [-0.2, 0) is 9.59 Å². The molecule has 0 spiro atoms. The summed E-state index contributed by atoms with van der Waals surface area (Å²) in [6.07, 6.45) is 0.190. The van der Waals surface area contributed by atoms with Crippen molar-refractivity contribution in [3.63, 3.8) is 0 Å². The van der Waals surface area contributed by atoms with Gasteiger partial charge in [0.1, 0.15) is 22.5 Å². The number of methoxy groups -OCH3 is 2. The van der Waals surface area contributed by atoms with E-state index in [1.807, 2.05) is 17.0 Å². The number of halogens is 1. The van der Waals surface area contributed by atoms with E-state index in [2.05, 4.69) is 9.88 Å². The lowest BCUT2D eigenvalue weighted by Gasteiger charge is -2.36. The van der Waals surface area contributed by atoms with Crippen LogP contribution in [0.15, 0.2) is 36.4 Å². The lowest BCUT2D eigenvalue weighted by Crippen LogP contribution is -2.51. The van der Waals surface area contributed by atoms with Crippen LogP contribution in [0.3, 0.4) is 0 Å². The molecule has 2 amide bonds. The van der Waals surface area contributed by atoms with Crippen molar-refractivity contribution >= 4 is 34.9 Å². The van der Waals surface area contributed by atoms with Crippen LogP contribution in [0.4, 0.5) is 11.5 Å². The molecule has 4 rings (SSSR count). The molecule has 0 aliphatic carbocycles. The normalized spacial score (nSPS) is 19.0. The van der Waals surface area contributed by atoms with Gasteiger partial charge in [0.15, 0.2) is 0 Å². The first-order valence-corrected chi connectivity index (χ1v) is 10.6. The third kappa shape index (κ3) is 4.39. The van der Waals surface area contributed by atoms with Gasteiger partial charge in [0.05, 0.1) is 25.8 Å². The molecule has 0 radical (unpaired) electrons. The van der Waals surface area contributed by atoms with Crippen molar-refractivity contribution in [1.82, 2.24) is 9.88 Å². The highest BCUT2D eigenvalue weighted by Gasteiger charge is 2.39. The summed E-state index contributed by atoms with van der Waals surface area (Å²) in [6, 6.07) is 10.8. The Morgan fingerprint density at radius 3 is 2.55 bits per heavy atom. The third-order valence-electron chi connectivity index (χ3n) is 5.77. The molecule has 9 heteroatoms. The number of piperazine rings is 1. The van der Waals surface area contributed by atoms with Crippen molar-refractivity contribution in [2.45, 2.75) is 6.42 Å². The number of hydrogen-bond donors (Lipinski definition) is 0. The van der Waals surface area contributed by atoms with E-state index in [9.17, 15) is 9.59 Å². The van der Waals surface area contributed by atoms with Gasteiger partial charge in [-0.25, -0.2) is 4.98 Å². The van der Waals surface area contributed by atoms with E-state index in [-0.39, 0.29) is 24.2 Å².